The van der Waals surface area contributed by atoms with Gasteiger partial charge in [0.15, 0.2) is 0 Å². The zero-order chi connectivity index (χ0) is 33.4. The summed E-state index contributed by atoms with van der Waals surface area (Å²) in [6.45, 7) is 7.00. The highest BCUT2D eigenvalue weighted by Crippen LogP contribution is 2.24. The van der Waals surface area contributed by atoms with Crippen molar-refractivity contribution in [1.29, 1.82) is 0 Å². The van der Waals surface area contributed by atoms with Gasteiger partial charge in [-0.25, -0.2) is 13.2 Å². The SMILES string of the molecule is CCOC(=O)CN(C)C(=O)c1cccc(S(=O)(=O)c2ccc(CCN(C[C@H](O)c3cccc(Cl)c3)C(=O)OC(C)(C)C)cc2)c1. The molecule has 0 aliphatic heterocycles. The summed E-state index contributed by atoms with van der Waals surface area (Å²) in [5.74, 6) is -1.09. The van der Waals surface area contributed by atoms with E-state index in [0.29, 0.717) is 17.0 Å². The Morgan fingerprint density at radius 2 is 1.62 bits per heavy atom. The van der Waals surface area contributed by atoms with Gasteiger partial charge >= 0.3 is 12.1 Å². The zero-order valence-corrected chi connectivity index (χ0v) is 27.6. The zero-order valence-electron chi connectivity index (χ0n) is 26.0. The van der Waals surface area contributed by atoms with Crippen LogP contribution in [0.3, 0.4) is 0 Å². The molecule has 2 amide bonds. The average molecular weight is 659 g/mol. The molecule has 242 valence electrons. The quantitative estimate of drug-likeness (QED) is 0.259. The van der Waals surface area contributed by atoms with E-state index in [4.69, 9.17) is 21.1 Å². The van der Waals surface area contributed by atoms with E-state index < -0.39 is 39.5 Å². The summed E-state index contributed by atoms with van der Waals surface area (Å²) in [5.41, 5.74) is 0.679. The van der Waals surface area contributed by atoms with E-state index in [-0.39, 0.29) is 41.6 Å². The van der Waals surface area contributed by atoms with Gasteiger partial charge in [-0.05, 0) is 87.7 Å². The number of benzene rings is 3. The highest BCUT2D eigenvalue weighted by molar-refractivity contribution is 7.91. The molecule has 1 atom stereocenters. The minimum atomic E-state index is -3.97. The van der Waals surface area contributed by atoms with Gasteiger partial charge in [-0.3, -0.25) is 9.59 Å². The normalized spacial score (nSPS) is 12.2. The molecule has 3 rings (SSSR count). The van der Waals surface area contributed by atoms with Crippen LogP contribution in [0.4, 0.5) is 4.79 Å². The summed E-state index contributed by atoms with van der Waals surface area (Å²) in [5, 5.41) is 11.3. The van der Waals surface area contributed by atoms with Crippen molar-refractivity contribution in [3.8, 4) is 0 Å². The van der Waals surface area contributed by atoms with Crippen molar-refractivity contribution in [3.63, 3.8) is 0 Å². The molecule has 45 heavy (non-hydrogen) atoms. The molecule has 0 aliphatic rings. The van der Waals surface area contributed by atoms with Crippen LogP contribution >= 0.6 is 11.6 Å². The number of likely N-dealkylation sites (N-methyl/N-ethyl adjacent to an activating group) is 1. The second kappa shape index (κ2) is 15.4. The van der Waals surface area contributed by atoms with Gasteiger partial charge in [0.25, 0.3) is 5.91 Å². The third-order valence-electron chi connectivity index (χ3n) is 6.59. The summed E-state index contributed by atoms with van der Waals surface area (Å²) in [4.78, 5) is 40.1. The maximum Gasteiger partial charge on any atom is 0.410 e. The molecular weight excluding hydrogens is 620 g/mol. The Bertz CT molecular complexity index is 1600. The van der Waals surface area contributed by atoms with Crippen molar-refractivity contribution < 1.29 is 37.4 Å². The molecule has 0 aliphatic carbocycles. The highest BCUT2D eigenvalue weighted by atomic mass is 35.5. The van der Waals surface area contributed by atoms with Crippen molar-refractivity contribution in [3.05, 3.63) is 94.5 Å². The first kappa shape index (κ1) is 35.5. The molecule has 12 heteroatoms. The number of esters is 1. The first-order valence-electron chi connectivity index (χ1n) is 14.4. The third kappa shape index (κ3) is 10.3. The Labute approximate surface area is 269 Å². The second-order valence-electron chi connectivity index (χ2n) is 11.4. The standard InChI is InChI=1S/C33H39ClN2O8S/c1-6-43-30(38)22-35(5)31(39)25-10-8-12-28(20-25)45(41,42)27-15-13-23(14-16-27)17-18-36(32(40)44-33(2,3)4)21-29(37)24-9-7-11-26(34)19-24/h7-16,19-20,29,37H,6,17-18,21-22H2,1-5H3/t29-/m0/s1. The maximum absolute atomic E-state index is 13.4. The van der Waals surface area contributed by atoms with E-state index in [1.165, 1.54) is 48.3 Å². The number of ether oxygens (including phenoxy) is 2. The Hall–Kier alpha value is -3.93. The van der Waals surface area contributed by atoms with Gasteiger partial charge in [0, 0.05) is 24.2 Å². The van der Waals surface area contributed by atoms with Crippen LogP contribution in [0, 0.1) is 0 Å². The van der Waals surface area contributed by atoms with Gasteiger partial charge in [0.1, 0.15) is 12.1 Å². The van der Waals surface area contributed by atoms with Gasteiger partial charge in [0.2, 0.25) is 9.84 Å². The largest absolute Gasteiger partial charge is 0.465 e. The van der Waals surface area contributed by atoms with E-state index >= 15 is 0 Å². The number of hydrogen-bond acceptors (Lipinski definition) is 8. The Morgan fingerprint density at radius 1 is 0.956 bits per heavy atom. The Morgan fingerprint density at radius 3 is 2.24 bits per heavy atom. The number of carbonyl (C=O) groups is 3. The number of halogens is 1. The fraction of sp³-hybridized carbons (Fsp3) is 0.364. The van der Waals surface area contributed by atoms with Gasteiger partial charge < -0.3 is 24.4 Å². The number of rotatable bonds is 12. The average Bonchev–Trinajstić information content (AvgIpc) is 2.98. The number of carbonyl (C=O) groups excluding carboxylic acids is 3. The fourth-order valence-corrected chi connectivity index (χ4v) is 5.84. The topological polar surface area (TPSA) is 131 Å². The lowest BCUT2D eigenvalue weighted by molar-refractivity contribution is -0.143. The predicted octanol–water partition coefficient (Wildman–Crippen LogP) is 5.32. The first-order chi connectivity index (χ1) is 21.1. The predicted molar refractivity (Wildman–Crippen MR) is 170 cm³/mol. The number of aliphatic hydroxyl groups excluding tert-OH is 1. The van der Waals surface area contributed by atoms with Crippen LogP contribution in [0.25, 0.3) is 0 Å². The highest BCUT2D eigenvalue weighted by Gasteiger charge is 2.25. The Kier molecular flexibility index (Phi) is 12.1. The molecule has 0 aromatic heterocycles. The number of sulfone groups is 1. The monoisotopic (exact) mass is 658 g/mol. The van der Waals surface area contributed by atoms with E-state index in [2.05, 4.69) is 0 Å². The summed E-state index contributed by atoms with van der Waals surface area (Å²) < 4.78 is 37.3. The lowest BCUT2D eigenvalue weighted by Gasteiger charge is -2.29. The number of amides is 2. The van der Waals surface area contributed by atoms with E-state index in [0.717, 1.165) is 10.5 Å². The summed E-state index contributed by atoms with van der Waals surface area (Å²) >= 11 is 6.07. The molecule has 1 N–H and O–H groups in total. The van der Waals surface area contributed by atoms with Gasteiger partial charge in [-0.1, -0.05) is 41.9 Å². The van der Waals surface area contributed by atoms with Crippen LogP contribution in [-0.2, 0) is 30.5 Å². The molecule has 3 aromatic rings. The van der Waals surface area contributed by atoms with Crippen molar-refractivity contribution in [2.24, 2.45) is 0 Å². The van der Waals surface area contributed by atoms with Crippen LogP contribution < -0.4 is 0 Å². The summed E-state index contributed by atoms with van der Waals surface area (Å²) in [7, 11) is -2.54. The van der Waals surface area contributed by atoms with Crippen LogP contribution in [0.1, 0.15) is 55.3 Å². The van der Waals surface area contributed by atoms with Crippen molar-refractivity contribution in [1.82, 2.24) is 9.80 Å². The van der Waals surface area contributed by atoms with E-state index in [1.54, 1.807) is 64.1 Å². The molecule has 0 saturated heterocycles. The lowest BCUT2D eigenvalue weighted by atomic mass is 10.1. The van der Waals surface area contributed by atoms with Crippen LogP contribution in [-0.4, -0.2) is 80.2 Å². The molecular formula is C33H39ClN2O8S. The molecule has 0 bridgehead atoms. The lowest BCUT2D eigenvalue weighted by Crippen LogP contribution is -2.40. The molecule has 3 aromatic carbocycles. The van der Waals surface area contributed by atoms with Crippen LogP contribution in [0.5, 0.6) is 0 Å². The van der Waals surface area contributed by atoms with Gasteiger partial charge in [-0.2, -0.15) is 0 Å². The Balaban J connectivity index is 1.74. The minimum Gasteiger partial charge on any atom is -0.465 e. The van der Waals surface area contributed by atoms with Gasteiger partial charge in [0.05, 0.1) is 29.0 Å². The summed E-state index contributed by atoms with van der Waals surface area (Å²) in [6.07, 6.45) is -1.24. The second-order valence-corrected chi connectivity index (χ2v) is 13.8. The van der Waals surface area contributed by atoms with Crippen molar-refractivity contribution in [2.75, 3.05) is 33.3 Å². The van der Waals surface area contributed by atoms with E-state index in [1.807, 2.05) is 0 Å². The van der Waals surface area contributed by atoms with Crippen molar-refractivity contribution in [2.45, 2.75) is 55.6 Å². The smallest absolute Gasteiger partial charge is 0.410 e. The molecule has 0 spiro atoms. The molecule has 0 fully saturated rings. The first-order valence-corrected chi connectivity index (χ1v) is 16.2. The van der Waals surface area contributed by atoms with E-state index in [9.17, 15) is 27.9 Å². The number of hydrogen-bond donors (Lipinski definition) is 1. The molecule has 0 radical (unpaired) electrons. The number of aliphatic hydroxyl groups is 1. The molecule has 0 unspecified atom stereocenters. The van der Waals surface area contributed by atoms with Crippen LogP contribution in [0.2, 0.25) is 5.02 Å². The number of nitrogens with zero attached hydrogens (tertiary/aromatic N) is 2. The minimum absolute atomic E-state index is 0.0242. The molecule has 10 nitrogen and oxygen atoms in total. The van der Waals surface area contributed by atoms with Gasteiger partial charge in [-0.15, -0.1) is 0 Å². The third-order valence-corrected chi connectivity index (χ3v) is 8.59. The maximum atomic E-state index is 13.4. The molecule has 0 saturated carbocycles. The summed E-state index contributed by atoms with van der Waals surface area (Å²) in [6, 6.07) is 18.6. The fourth-order valence-electron chi connectivity index (χ4n) is 4.34. The van der Waals surface area contributed by atoms with Crippen molar-refractivity contribution >= 4 is 39.4 Å². The molecule has 0 heterocycles. The van der Waals surface area contributed by atoms with Crippen LogP contribution in [0.15, 0.2) is 82.6 Å².